The number of amides is 1. The van der Waals surface area contributed by atoms with Crippen molar-refractivity contribution in [3.05, 3.63) is 65.5 Å². The van der Waals surface area contributed by atoms with Crippen LogP contribution in [0.1, 0.15) is 28.2 Å². The molecule has 7 heteroatoms. The standard InChI is InChI=1S/C17H14FN3O3/c18-14-3-1-11(2-4-14)15(22)13-9-19-16(20-10-13)12-5-7-21(8-6-12)17(23)24/h1-5,9-10H,6-8H2,(H,23,24). The third-order valence-electron chi connectivity index (χ3n) is 3.79. The van der Waals surface area contributed by atoms with Crippen molar-refractivity contribution in [1.82, 2.24) is 14.9 Å². The van der Waals surface area contributed by atoms with Crippen LogP contribution < -0.4 is 0 Å². The Labute approximate surface area is 137 Å². The van der Waals surface area contributed by atoms with Crippen molar-refractivity contribution in [2.24, 2.45) is 0 Å². The molecule has 0 unspecified atom stereocenters. The van der Waals surface area contributed by atoms with Crippen molar-refractivity contribution in [3.8, 4) is 0 Å². The van der Waals surface area contributed by atoms with Gasteiger partial charge < -0.3 is 10.0 Å². The third-order valence-corrected chi connectivity index (χ3v) is 3.79. The second-order valence-electron chi connectivity index (χ2n) is 5.34. The fraction of sp³-hybridized carbons (Fsp3) is 0.176. The van der Waals surface area contributed by atoms with E-state index in [0.29, 0.717) is 36.5 Å². The Hall–Kier alpha value is -3.09. The summed E-state index contributed by atoms with van der Waals surface area (Å²) in [6.45, 7) is 0.686. The first-order valence-corrected chi connectivity index (χ1v) is 7.34. The first-order chi connectivity index (χ1) is 11.5. The van der Waals surface area contributed by atoms with Gasteiger partial charge >= 0.3 is 6.09 Å². The summed E-state index contributed by atoms with van der Waals surface area (Å²) in [6, 6.07) is 5.28. The normalized spacial score (nSPS) is 14.2. The molecule has 0 spiro atoms. The first kappa shape index (κ1) is 15.8. The van der Waals surface area contributed by atoms with Gasteiger partial charge in [-0.1, -0.05) is 6.08 Å². The molecule has 0 bridgehead atoms. The number of carbonyl (C=O) groups excluding carboxylic acids is 1. The average molecular weight is 327 g/mol. The highest BCUT2D eigenvalue weighted by Gasteiger charge is 2.18. The summed E-state index contributed by atoms with van der Waals surface area (Å²) in [6.07, 6.45) is 4.20. The molecule has 0 saturated carbocycles. The number of hydrogen-bond acceptors (Lipinski definition) is 4. The maximum absolute atomic E-state index is 12.9. The molecule has 2 aromatic rings. The van der Waals surface area contributed by atoms with Crippen molar-refractivity contribution in [2.75, 3.05) is 13.1 Å². The first-order valence-electron chi connectivity index (χ1n) is 7.34. The van der Waals surface area contributed by atoms with Gasteiger partial charge in [0, 0.05) is 31.0 Å². The lowest BCUT2D eigenvalue weighted by Crippen LogP contribution is -2.33. The Morgan fingerprint density at radius 2 is 1.75 bits per heavy atom. The van der Waals surface area contributed by atoms with Crippen LogP contribution in [0.4, 0.5) is 9.18 Å². The van der Waals surface area contributed by atoms with Crippen molar-refractivity contribution in [1.29, 1.82) is 0 Å². The Balaban J connectivity index is 1.75. The molecule has 6 nitrogen and oxygen atoms in total. The fourth-order valence-electron chi connectivity index (χ4n) is 2.43. The number of hydrogen-bond donors (Lipinski definition) is 1. The smallest absolute Gasteiger partial charge is 0.407 e. The fourth-order valence-corrected chi connectivity index (χ4v) is 2.43. The van der Waals surface area contributed by atoms with E-state index in [4.69, 9.17) is 5.11 Å². The van der Waals surface area contributed by atoms with Crippen molar-refractivity contribution >= 4 is 17.4 Å². The average Bonchev–Trinajstić information content (AvgIpc) is 2.62. The lowest BCUT2D eigenvalue weighted by molar-refractivity contribution is 0.103. The number of halogens is 1. The Kier molecular flexibility index (Phi) is 4.33. The van der Waals surface area contributed by atoms with E-state index in [0.717, 1.165) is 5.57 Å². The summed E-state index contributed by atoms with van der Waals surface area (Å²) >= 11 is 0. The van der Waals surface area contributed by atoms with Gasteiger partial charge in [0.05, 0.1) is 5.56 Å². The number of ketones is 1. The van der Waals surface area contributed by atoms with Crippen LogP contribution in [0.15, 0.2) is 42.7 Å². The van der Waals surface area contributed by atoms with Gasteiger partial charge in [0.1, 0.15) is 5.82 Å². The molecule has 2 heterocycles. The van der Waals surface area contributed by atoms with E-state index in [2.05, 4.69) is 9.97 Å². The largest absolute Gasteiger partial charge is 0.465 e. The lowest BCUT2D eigenvalue weighted by atomic mass is 10.1. The lowest BCUT2D eigenvalue weighted by Gasteiger charge is -2.22. The number of carbonyl (C=O) groups is 2. The molecule has 1 aromatic carbocycles. The Morgan fingerprint density at radius 3 is 2.29 bits per heavy atom. The van der Waals surface area contributed by atoms with E-state index < -0.39 is 11.9 Å². The second kappa shape index (κ2) is 6.57. The van der Waals surface area contributed by atoms with E-state index in [1.165, 1.54) is 41.6 Å². The minimum absolute atomic E-state index is 0.281. The Bertz CT molecular complexity index is 801. The second-order valence-corrected chi connectivity index (χ2v) is 5.34. The van der Waals surface area contributed by atoms with Crippen LogP contribution in [0.5, 0.6) is 0 Å². The number of rotatable bonds is 3. The summed E-state index contributed by atoms with van der Waals surface area (Å²) in [5.41, 5.74) is 1.53. The molecule has 122 valence electrons. The van der Waals surface area contributed by atoms with Gasteiger partial charge in [-0.2, -0.15) is 0 Å². The Morgan fingerprint density at radius 1 is 1.08 bits per heavy atom. The summed E-state index contributed by atoms with van der Waals surface area (Å²) in [5, 5.41) is 8.92. The van der Waals surface area contributed by atoms with Crippen LogP contribution in [0, 0.1) is 5.82 Å². The van der Waals surface area contributed by atoms with Crippen LogP contribution in [-0.4, -0.2) is 44.9 Å². The van der Waals surface area contributed by atoms with E-state index in [1.54, 1.807) is 6.08 Å². The van der Waals surface area contributed by atoms with Crippen LogP contribution in [0.3, 0.4) is 0 Å². The maximum atomic E-state index is 12.9. The van der Waals surface area contributed by atoms with E-state index >= 15 is 0 Å². The van der Waals surface area contributed by atoms with Crippen LogP contribution in [0.2, 0.25) is 0 Å². The molecule has 0 atom stereocenters. The molecule has 1 aromatic heterocycles. The van der Waals surface area contributed by atoms with Gasteiger partial charge in [-0.25, -0.2) is 19.2 Å². The molecule has 1 aliphatic rings. The van der Waals surface area contributed by atoms with Gasteiger partial charge in [0.25, 0.3) is 0 Å². The SMILES string of the molecule is O=C(c1ccc(F)cc1)c1cnc(C2=CCN(C(=O)O)CC2)nc1. The highest BCUT2D eigenvalue weighted by Crippen LogP contribution is 2.19. The number of aromatic nitrogens is 2. The zero-order valence-corrected chi connectivity index (χ0v) is 12.6. The predicted molar refractivity (Wildman–Crippen MR) is 84.1 cm³/mol. The molecule has 3 rings (SSSR count). The van der Waals surface area contributed by atoms with Gasteiger partial charge in [0.15, 0.2) is 11.6 Å². The molecule has 1 N–H and O–H groups in total. The van der Waals surface area contributed by atoms with Gasteiger partial charge in [-0.3, -0.25) is 4.79 Å². The molecule has 0 saturated heterocycles. The number of carboxylic acid groups (broad SMARTS) is 1. The van der Waals surface area contributed by atoms with Crippen molar-refractivity contribution in [3.63, 3.8) is 0 Å². The van der Waals surface area contributed by atoms with E-state index in [-0.39, 0.29) is 5.78 Å². The molecular weight excluding hydrogens is 313 g/mol. The van der Waals surface area contributed by atoms with Crippen LogP contribution in [0.25, 0.3) is 5.57 Å². The summed E-state index contributed by atoms with van der Waals surface area (Å²) in [7, 11) is 0. The highest BCUT2D eigenvalue weighted by atomic mass is 19.1. The van der Waals surface area contributed by atoms with Gasteiger partial charge in [-0.05, 0) is 36.3 Å². The zero-order valence-electron chi connectivity index (χ0n) is 12.6. The molecule has 0 radical (unpaired) electrons. The third kappa shape index (κ3) is 3.29. The summed E-state index contributed by atoms with van der Waals surface area (Å²) in [4.78, 5) is 32.8. The summed E-state index contributed by atoms with van der Waals surface area (Å²) < 4.78 is 12.9. The van der Waals surface area contributed by atoms with Crippen molar-refractivity contribution in [2.45, 2.75) is 6.42 Å². The van der Waals surface area contributed by atoms with Crippen molar-refractivity contribution < 1.29 is 19.1 Å². The molecule has 1 aliphatic heterocycles. The predicted octanol–water partition coefficient (Wildman–Crippen LogP) is 2.61. The van der Waals surface area contributed by atoms with Crippen LogP contribution >= 0.6 is 0 Å². The van der Waals surface area contributed by atoms with Gasteiger partial charge in [0.2, 0.25) is 0 Å². The number of nitrogens with zero attached hydrogens (tertiary/aromatic N) is 3. The van der Waals surface area contributed by atoms with Crippen LogP contribution in [-0.2, 0) is 0 Å². The molecule has 1 amide bonds. The molecule has 24 heavy (non-hydrogen) atoms. The number of benzene rings is 1. The minimum atomic E-state index is -0.952. The molecule has 0 fully saturated rings. The maximum Gasteiger partial charge on any atom is 0.407 e. The highest BCUT2D eigenvalue weighted by molar-refractivity contribution is 6.08. The van der Waals surface area contributed by atoms with E-state index in [9.17, 15) is 14.0 Å². The van der Waals surface area contributed by atoms with E-state index in [1.807, 2.05) is 0 Å². The molecule has 0 aliphatic carbocycles. The zero-order chi connectivity index (χ0) is 17.1. The topological polar surface area (TPSA) is 83.4 Å². The quantitative estimate of drug-likeness (QED) is 0.876. The monoisotopic (exact) mass is 327 g/mol. The molecular formula is C17H14FN3O3. The summed E-state index contributed by atoms with van der Waals surface area (Å²) in [5.74, 6) is -0.204. The minimum Gasteiger partial charge on any atom is -0.465 e. The van der Waals surface area contributed by atoms with Gasteiger partial charge in [-0.15, -0.1) is 0 Å².